The molecule has 0 aliphatic heterocycles. The van der Waals surface area contributed by atoms with Crippen LogP contribution in [0.5, 0.6) is 0 Å². The molecule has 0 aliphatic rings. The molecule has 0 aromatic heterocycles. The fourth-order valence-corrected chi connectivity index (χ4v) is 0.194. The average molecular weight is 101 g/mol. The molecule has 0 spiro atoms. The highest BCUT2D eigenvalue weighted by Crippen LogP contribution is 2.06. The van der Waals surface area contributed by atoms with Crippen LogP contribution in [0, 0.1) is 0 Å². The van der Waals surface area contributed by atoms with Gasteiger partial charge in [-0.1, -0.05) is 6.58 Å². The quantitative estimate of drug-likeness (QED) is 0.480. The van der Waals surface area contributed by atoms with E-state index >= 15 is 0 Å². The number of rotatable bonds is 2. The van der Waals surface area contributed by atoms with E-state index in [1.807, 2.05) is 6.26 Å². The maximum atomic E-state index is 3.53. The summed E-state index contributed by atoms with van der Waals surface area (Å²) in [5.74, 6) is 0. The molecule has 0 radical (unpaired) electrons. The summed E-state index contributed by atoms with van der Waals surface area (Å²) >= 11 is 1.50. The minimum Gasteiger partial charge on any atom is -0.258 e. The predicted octanol–water partition coefficient (Wildman–Crippen LogP) is 1.52. The lowest BCUT2D eigenvalue weighted by molar-refractivity contribution is 1.60. The third-order valence-electron chi connectivity index (χ3n) is 0.412. The molecule has 2 heteroatoms. The first kappa shape index (κ1) is 5.76. The van der Waals surface area contributed by atoms with Gasteiger partial charge in [0.05, 0.1) is 5.03 Å². The van der Waals surface area contributed by atoms with Gasteiger partial charge in [0.25, 0.3) is 0 Å². The molecule has 0 bridgehead atoms. The second-order valence-electron chi connectivity index (χ2n) is 0.756. The molecule has 0 aromatic rings. The van der Waals surface area contributed by atoms with Crippen LogP contribution in [-0.2, 0) is 0 Å². The molecular formula is C4H7NS. The third kappa shape index (κ3) is 2.03. The highest BCUT2D eigenvalue weighted by atomic mass is 32.2. The van der Waals surface area contributed by atoms with Gasteiger partial charge in [-0.05, 0) is 13.0 Å². The molecule has 0 fully saturated rings. The average Bonchev–Trinajstić information content (AvgIpc) is 1.65. The smallest absolute Gasteiger partial charge is 0.0877 e. The molecular weight excluding hydrogens is 94.1 g/mol. The van der Waals surface area contributed by atoms with Crippen LogP contribution in [0.2, 0.25) is 0 Å². The number of aliphatic imine (C=N–C) groups is 1. The monoisotopic (exact) mass is 101 g/mol. The van der Waals surface area contributed by atoms with Crippen molar-refractivity contribution in [3.8, 4) is 0 Å². The van der Waals surface area contributed by atoms with Gasteiger partial charge in [0, 0.05) is 0 Å². The van der Waals surface area contributed by atoms with Crippen LogP contribution in [0.15, 0.2) is 16.6 Å². The SMILES string of the molecule is C=NC(=C)SC. The summed E-state index contributed by atoms with van der Waals surface area (Å²) in [6.45, 7) is 6.79. The van der Waals surface area contributed by atoms with Crippen molar-refractivity contribution < 1.29 is 0 Å². The van der Waals surface area contributed by atoms with Crippen molar-refractivity contribution >= 4 is 18.5 Å². The van der Waals surface area contributed by atoms with Gasteiger partial charge < -0.3 is 0 Å². The van der Waals surface area contributed by atoms with E-state index in [9.17, 15) is 0 Å². The fraction of sp³-hybridized carbons (Fsp3) is 0.250. The largest absolute Gasteiger partial charge is 0.258 e. The first-order valence-corrected chi connectivity index (χ1v) is 2.73. The first-order valence-electron chi connectivity index (χ1n) is 1.51. The van der Waals surface area contributed by atoms with Crippen LogP contribution < -0.4 is 0 Å². The van der Waals surface area contributed by atoms with Gasteiger partial charge in [0.2, 0.25) is 0 Å². The van der Waals surface area contributed by atoms with Gasteiger partial charge in [-0.25, -0.2) is 0 Å². The van der Waals surface area contributed by atoms with E-state index in [2.05, 4.69) is 18.3 Å². The maximum absolute atomic E-state index is 3.53. The Labute approximate surface area is 42.2 Å². The Kier molecular flexibility index (Phi) is 2.85. The number of hydrogen-bond acceptors (Lipinski definition) is 2. The lowest BCUT2D eigenvalue weighted by Crippen LogP contribution is -1.56. The summed E-state index contributed by atoms with van der Waals surface area (Å²) < 4.78 is 0. The lowest BCUT2D eigenvalue weighted by Gasteiger charge is -1.83. The topological polar surface area (TPSA) is 12.4 Å². The van der Waals surface area contributed by atoms with Gasteiger partial charge in [-0.2, -0.15) is 0 Å². The number of nitrogens with zero attached hydrogens (tertiary/aromatic N) is 1. The summed E-state index contributed by atoms with van der Waals surface area (Å²) in [7, 11) is 0. The molecule has 0 heterocycles. The molecule has 0 atom stereocenters. The summed E-state index contributed by atoms with van der Waals surface area (Å²) in [5.41, 5.74) is 0. The summed E-state index contributed by atoms with van der Waals surface area (Å²) in [6.07, 6.45) is 1.91. The molecule has 0 saturated heterocycles. The van der Waals surface area contributed by atoms with Crippen LogP contribution >= 0.6 is 11.8 Å². The molecule has 34 valence electrons. The lowest BCUT2D eigenvalue weighted by atomic mass is 11.0. The Hall–Kier alpha value is -0.240. The van der Waals surface area contributed by atoms with E-state index in [0.717, 1.165) is 5.03 Å². The Morgan fingerprint density at radius 2 is 2.33 bits per heavy atom. The van der Waals surface area contributed by atoms with Crippen LogP contribution in [0.25, 0.3) is 0 Å². The Morgan fingerprint density at radius 1 is 1.83 bits per heavy atom. The van der Waals surface area contributed by atoms with Gasteiger partial charge in [0.1, 0.15) is 0 Å². The van der Waals surface area contributed by atoms with Gasteiger partial charge >= 0.3 is 0 Å². The maximum Gasteiger partial charge on any atom is 0.0877 e. The zero-order valence-corrected chi connectivity index (χ0v) is 4.59. The molecule has 0 aromatic carbocycles. The molecule has 0 amide bonds. The van der Waals surface area contributed by atoms with Crippen LogP contribution in [0.1, 0.15) is 0 Å². The first-order chi connectivity index (χ1) is 2.81. The van der Waals surface area contributed by atoms with Crippen molar-refractivity contribution in [3.05, 3.63) is 11.6 Å². The summed E-state index contributed by atoms with van der Waals surface area (Å²) in [6, 6.07) is 0. The second-order valence-corrected chi connectivity index (χ2v) is 1.64. The van der Waals surface area contributed by atoms with Crippen LogP contribution in [0.4, 0.5) is 0 Å². The molecule has 0 N–H and O–H groups in total. The van der Waals surface area contributed by atoms with Crippen molar-refractivity contribution in [2.24, 2.45) is 4.99 Å². The van der Waals surface area contributed by atoms with Gasteiger partial charge in [0.15, 0.2) is 0 Å². The predicted molar refractivity (Wildman–Crippen MR) is 32.2 cm³/mol. The zero-order valence-electron chi connectivity index (χ0n) is 3.77. The zero-order chi connectivity index (χ0) is 4.99. The third-order valence-corrected chi connectivity index (χ3v) is 1.01. The van der Waals surface area contributed by atoms with E-state index in [-0.39, 0.29) is 0 Å². The Balaban J connectivity index is 3.23. The van der Waals surface area contributed by atoms with Gasteiger partial charge in [-0.3, -0.25) is 4.99 Å². The van der Waals surface area contributed by atoms with Crippen molar-refractivity contribution in [1.82, 2.24) is 0 Å². The normalized spacial score (nSPS) is 7.50. The van der Waals surface area contributed by atoms with Crippen molar-refractivity contribution in [1.29, 1.82) is 0 Å². The van der Waals surface area contributed by atoms with E-state index in [0.29, 0.717) is 0 Å². The van der Waals surface area contributed by atoms with E-state index in [1.54, 1.807) is 0 Å². The van der Waals surface area contributed by atoms with Crippen LogP contribution in [0.3, 0.4) is 0 Å². The van der Waals surface area contributed by atoms with E-state index in [1.165, 1.54) is 11.8 Å². The van der Waals surface area contributed by atoms with E-state index < -0.39 is 0 Å². The van der Waals surface area contributed by atoms with E-state index in [4.69, 9.17) is 0 Å². The van der Waals surface area contributed by atoms with Crippen molar-refractivity contribution in [2.75, 3.05) is 6.26 Å². The molecule has 0 saturated carbocycles. The fourth-order valence-electron chi connectivity index (χ4n) is 0.0645. The number of thioether (sulfide) groups is 1. The minimum absolute atomic E-state index is 0.773. The second kappa shape index (κ2) is 2.97. The standard InChI is InChI=1S/C4H7NS/c1-4(5-2)6-3/h1-2H2,3H3. The highest BCUT2D eigenvalue weighted by Gasteiger charge is 1.74. The molecule has 0 unspecified atom stereocenters. The van der Waals surface area contributed by atoms with Crippen LogP contribution in [-0.4, -0.2) is 13.0 Å². The number of hydrogen-bond donors (Lipinski definition) is 0. The summed E-state index contributed by atoms with van der Waals surface area (Å²) in [4.78, 5) is 3.53. The van der Waals surface area contributed by atoms with Crippen molar-refractivity contribution in [2.45, 2.75) is 0 Å². The highest BCUT2D eigenvalue weighted by molar-refractivity contribution is 8.02. The Bertz CT molecular complexity index is 67.9. The van der Waals surface area contributed by atoms with Gasteiger partial charge in [-0.15, -0.1) is 11.8 Å². The molecule has 0 aliphatic carbocycles. The molecule has 1 nitrogen and oxygen atoms in total. The molecule has 6 heavy (non-hydrogen) atoms. The Morgan fingerprint density at radius 3 is 2.33 bits per heavy atom. The van der Waals surface area contributed by atoms with Crippen molar-refractivity contribution in [3.63, 3.8) is 0 Å². The molecule has 0 rings (SSSR count). The minimum atomic E-state index is 0.773. The summed E-state index contributed by atoms with van der Waals surface area (Å²) in [5, 5.41) is 0.773.